The number of hydrogen-bond donors (Lipinski definition) is 2. The quantitative estimate of drug-likeness (QED) is 0.242. The van der Waals surface area contributed by atoms with Gasteiger partial charge in [-0.05, 0) is 50.6 Å². The summed E-state index contributed by atoms with van der Waals surface area (Å²) < 4.78 is 44.3. The molecule has 5 aromatic heterocycles. The topological polar surface area (TPSA) is 168 Å². The van der Waals surface area contributed by atoms with E-state index in [0.717, 1.165) is 34.1 Å². The Morgan fingerprint density at radius 3 is 2.49 bits per heavy atom. The number of imidazole rings is 1. The third kappa shape index (κ3) is 6.49. The third-order valence-corrected chi connectivity index (χ3v) is 9.41. The number of halogens is 4. The van der Waals surface area contributed by atoms with Crippen molar-refractivity contribution in [2.75, 3.05) is 36.4 Å². The van der Waals surface area contributed by atoms with Crippen LogP contribution in [0.15, 0.2) is 53.8 Å². The van der Waals surface area contributed by atoms with Crippen LogP contribution in [0, 0.1) is 13.8 Å². The van der Waals surface area contributed by atoms with Crippen LogP contribution in [0.4, 0.5) is 24.5 Å². The molecular formula is C34H31ClF3N11O4. The highest BCUT2D eigenvalue weighted by molar-refractivity contribution is 6.33. The predicted molar refractivity (Wildman–Crippen MR) is 187 cm³/mol. The third-order valence-electron chi connectivity index (χ3n) is 9.10. The molecule has 6 heterocycles. The maximum Gasteiger partial charge on any atom is 0.416 e. The average molecular weight is 750 g/mol. The maximum absolute atomic E-state index is 14.3. The molecule has 0 spiro atoms. The summed E-state index contributed by atoms with van der Waals surface area (Å²) in [5.41, 5.74) is 0.694. The summed E-state index contributed by atoms with van der Waals surface area (Å²) in [5.74, 6) is -0.390. The molecule has 0 saturated carbocycles. The molecule has 0 unspecified atom stereocenters. The van der Waals surface area contributed by atoms with Gasteiger partial charge >= 0.3 is 6.18 Å². The summed E-state index contributed by atoms with van der Waals surface area (Å²) in [5, 5.41) is 17.2. The summed E-state index contributed by atoms with van der Waals surface area (Å²) >= 11 is 6.14. The highest BCUT2D eigenvalue weighted by Crippen LogP contribution is 2.34. The minimum Gasteiger partial charge on any atom is -0.504 e. The first-order chi connectivity index (χ1) is 25.2. The smallest absolute Gasteiger partial charge is 0.416 e. The lowest BCUT2D eigenvalue weighted by atomic mass is 10.2. The zero-order chi connectivity index (χ0) is 37.8. The number of carbonyl (C=O) groups is 2. The van der Waals surface area contributed by atoms with Crippen molar-refractivity contribution in [3.8, 4) is 17.1 Å². The van der Waals surface area contributed by atoms with Crippen molar-refractivity contribution in [2.24, 2.45) is 0 Å². The fourth-order valence-electron chi connectivity index (χ4n) is 6.36. The number of aryl methyl sites for hydroxylation is 2. The van der Waals surface area contributed by atoms with Crippen LogP contribution in [0.1, 0.15) is 40.2 Å². The van der Waals surface area contributed by atoms with Gasteiger partial charge in [-0.25, -0.2) is 15.0 Å². The van der Waals surface area contributed by atoms with Crippen molar-refractivity contribution >= 4 is 46.1 Å². The number of pyridine rings is 1. The number of benzene rings is 1. The lowest BCUT2D eigenvalue weighted by molar-refractivity contribution is -0.137. The van der Waals surface area contributed by atoms with E-state index in [4.69, 9.17) is 16.6 Å². The van der Waals surface area contributed by atoms with Crippen molar-refractivity contribution in [2.45, 2.75) is 39.9 Å². The molecule has 7 rings (SSSR count). The van der Waals surface area contributed by atoms with Crippen molar-refractivity contribution < 1.29 is 27.9 Å². The monoisotopic (exact) mass is 749 g/mol. The Labute approximate surface area is 303 Å². The number of fused-ring (bicyclic) bond motifs is 2. The second kappa shape index (κ2) is 13.5. The van der Waals surface area contributed by atoms with Gasteiger partial charge < -0.3 is 29.2 Å². The fraction of sp³-hybridized carbons (Fsp3) is 0.294. The van der Waals surface area contributed by atoms with E-state index in [-0.39, 0.29) is 77.7 Å². The molecule has 15 nitrogen and oxygen atoms in total. The molecular weight excluding hydrogens is 719 g/mol. The first-order valence-electron chi connectivity index (χ1n) is 16.4. The predicted octanol–water partition coefficient (Wildman–Crippen LogP) is 4.15. The molecule has 0 aliphatic carbocycles. The van der Waals surface area contributed by atoms with Crippen LogP contribution in [0.3, 0.4) is 0 Å². The number of rotatable bonds is 7. The number of amides is 2. The summed E-state index contributed by atoms with van der Waals surface area (Å²) in [7, 11) is 0. The summed E-state index contributed by atoms with van der Waals surface area (Å²) in [6.45, 7) is 5.63. The first-order valence-corrected chi connectivity index (χ1v) is 16.8. The Hall–Kier alpha value is -6.04. The van der Waals surface area contributed by atoms with Gasteiger partial charge in [0.05, 0.1) is 39.4 Å². The SMILES string of the molecule is CCc1c(N2CCN(C(=O)c3ncnc(C)c3O)CC2)c(=O)n2nc(-c3ccn4c(C)ncc4c3)nc2n1CC(=O)Nc1ccc(C(F)(F)F)cc1Cl. The highest BCUT2D eigenvalue weighted by atomic mass is 35.5. The molecule has 0 atom stereocenters. The molecule has 0 radical (unpaired) electrons. The van der Waals surface area contributed by atoms with E-state index in [1.54, 1.807) is 34.9 Å². The van der Waals surface area contributed by atoms with Gasteiger partial charge in [0.15, 0.2) is 17.3 Å². The number of piperazine rings is 1. The number of hydrogen-bond acceptors (Lipinski definition) is 10. The second-order valence-corrected chi connectivity index (χ2v) is 12.8. The molecule has 1 aromatic carbocycles. The van der Waals surface area contributed by atoms with Crippen LogP contribution >= 0.6 is 11.6 Å². The number of anilines is 2. The van der Waals surface area contributed by atoms with E-state index in [0.29, 0.717) is 11.3 Å². The van der Waals surface area contributed by atoms with Crippen LogP contribution in [-0.4, -0.2) is 86.5 Å². The van der Waals surface area contributed by atoms with Crippen molar-refractivity contribution in [1.82, 2.24) is 43.4 Å². The van der Waals surface area contributed by atoms with Gasteiger partial charge in [-0.15, -0.1) is 5.10 Å². The molecule has 0 bridgehead atoms. The van der Waals surface area contributed by atoms with Crippen molar-refractivity contribution in [1.29, 1.82) is 0 Å². The Morgan fingerprint density at radius 2 is 1.79 bits per heavy atom. The van der Waals surface area contributed by atoms with Crippen LogP contribution in [0.5, 0.6) is 5.75 Å². The molecule has 1 aliphatic rings. The first kappa shape index (κ1) is 35.4. The Kier molecular flexibility index (Phi) is 9.01. The van der Waals surface area contributed by atoms with Gasteiger partial charge in [-0.3, -0.25) is 14.4 Å². The lowest BCUT2D eigenvalue weighted by Gasteiger charge is -2.36. The van der Waals surface area contributed by atoms with Crippen LogP contribution < -0.4 is 15.8 Å². The molecule has 1 fully saturated rings. The lowest BCUT2D eigenvalue weighted by Crippen LogP contribution is -2.51. The van der Waals surface area contributed by atoms with Gasteiger partial charge in [-0.2, -0.15) is 22.7 Å². The van der Waals surface area contributed by atoms with Gasteiger partial charge in [0, 0.05) is 37.9 Å². The van der Waals surface area contributed by atoms with Gasteiger partial charge in [0.2, 0.25) is 11.7 Å². The van der Waals surface area contributed by atoms with Crippen LogP contribution in [-0.2, 0) is 23.9 Å². The zero-order valence-electron chi connectivity index (χ0n) is 28.5. The van der Waals surface area contributed by atoms with Crippen LogP contribution in [0.2, 0.25) is 5.02 Å². The molecule has 2 N–H and O–H groups in total. The molecule has 1 saturated heterocycles. The number of nitrogens with one attached hydrogen (secondary N) is 1. The maximum atomic E-state index is 14.3. The Bertz CT molecular complexity index is 2490. The zero-order valence-corrected chi connectivity index (χ0v) is 29.3. The number of carbonyl (C=O) groups excluding carboxylic acids is 2. The molecule has 6 aromatic rings. The van der Waals surface area contributed by atoms with Crippen molar-refractivity contribution in [3.05, 3.63) is 92.9 Å². The van der Waals surface area contributed by atoms with Gasteiger partial charge in [-0.1, -0.05) is 18.5 Å². The Balaban J connectivity index is 1.27. The molecule has 19 heteroatoms. The summed E-state index contributed by atoms with van der Waals surface area (Å²) in [6, 6.07) is 6.21. The normalized spacial score (nSPS) is 13.6. The molecule has 274 valence electrons. The minimum atomic E-state index is -4.62. The molecule has 53 heavy (non-hydrogen) atoms. The van der Waals surface area contributed by atoms with E-state index in [1.165, 1.54) is 11.2 Å². The van der Waals surface area contributed by atoms with Gasteiger partial charge in [0.1, 0.15) is 24.4 Å². The summed E-state index contributed by atoms with van der Waals surface area (Å²) in [6.07, 6.45) is 0.342. The Morgan fingerprint density at radius 1 is 1.04 bits per heavy atom. The number of aromatic hydroxyl groups is 1. The minimum absolute atomic E-state index is 0.0303. The second-order valence-electron chi connectivity index (χ2n) is 12.4. The molecule has 1 aliphatic heterocycles. The van der Waals surface area contributed by atoms with E-state index < -0.39 is 35.7 Å². The number of alkyl halides is 3. The standard InChI is InChI=1S/C34H31ClF3N11O4/c1-4-25-28(45-9-11-46(12-10-45)31(52)27-29(51)18(2)40-17-41-27)32(53)49-33(43-30(44-49)20-7-8-47-19(3)39-15-22(47)13-20)48(25)16-26(50)42-24-6-5-21(14-23(24)35)34(36,37)38/h5-8,13-15,17,51H,4,9-12,16H2,1-3H3,(H,42,50). The average Bonchev–Trinajstić information content (AvgIpc) is 3.75. The molecule has 2 amide bonds. The largest absolute Gasteiger partial charge is 0.504 e. The number of aromatic nitrogens is 8. The number of nitrogens with zero attached hydrogens (tertiary/aromatic N) is 10. The van der Waals surface area contributed by atoms with Crippen LogP contribution in [0.25, 0.3) is 22.7 Å². The van der Waals surface area contributed by atoms with E-state index in [2.05, 4.69) is 25.4 Å². The summed E-state index contributed by atoms with van der Waals surface area (Å²) in [4.78, 5) is 61.4. The van der Waals surface area contributed by atoms with E-state index in [1.807, 2.05) is 24.3 Å². The highest BCUT2D eigenvalue weighted by Gasteiger charge is 2.32. The van der Waals surface area contributed by atoms with Gasteiger partial charge in [0.25, 0.3) is 11.5 Å². The van der Waals surface area contributed by atoms with E-state index >= 15 is 0 Å². The van der Waals surface area contributed by atoms with Crippen molar-refractivity contribution in [3.63, 3.8) is 0 Å². The van der Waals surface area contributed by atoms with E-state index in [9.17, 15) is 32.7 Å². The fourth-order valence-corrected chi connectivity index (χ4v) is 6.58.